The van der Waals surface area contributed by atoms with Gasteiger partial charge >= 0.3 is 5.97 Å². The molecule has 1 N–H and O–H groups in total. The van der Waals surface area contributed by atoms with Gasteiger partial charge in [0.2, 0.25) is 10.0 Å². The Hall–Kier alpha value is -1.74. The highest BCUT2D eigenvalue weighted by molar-refractivity contribution is 7.98. The number of hydrogen-bond donors (Lipinski definition) is 1. The number of methoxy groups -OCH3 is 1. The van der Waals surface area contributed by atoms with E-state index in [9.17, 15) is 18.0 Å². The highest BCUT2D eigenvalue weighted by atomic mass is 32.2. The maximum atomic E-state index is 12.5. The lowest BCUT2D eigenvalue weighted by Crippen LogP contribution is -2.42. The summed E-state index contributed by atoms with van der Waals surface area (Å²) in [5, 5.41) is 2.70. The van der Waals surface area contributed by atoms with Gasteiger partial charge in [-0.2, -0.15) is 11.8 Å². The van der Waals surface area contributed by atoms with Gasteiger partial charge in [-0.1, -0.05) is 0 Å². The lowest BCUT2D eigenvalue weighted by Gasteiger charge is -2.22. The number of hydrogen-bond acceptors (Lipinski definition) is 6. The normalized spacial score (nSPS) is 17.5. The van der Waals surface area contributed by atoms with Gasteiger partial charge in [-0.3, -0.25) is 9.10 Å². The maximum Gasteiger partial charge on any atom is 0.328 e. The third-order valence-electron chi connectivity index (χ3n) is 4.25. The number of sulfonamides is 1. The van der Waals surface area contributed by atoms with E-state index in [0.29, 0.717) is 29.8 Å². The Labute approximate surface area is 158 Å². The summed E-state index contributed by atoms with van der Waals surface area (Å²) < 4.78 is 30.1. The minimum Gasteiger partial charge on any atom is -0.467 e. The Balaban J connectivity index is 2.21. The number of carbonyl (C=O) groups excluding carboxylic acids is 2. The van der Waals surface area contributed by atoms with Crippen LogP contribution in [0.2, 0.25) is 0 Å². The molecule has 1 aliphatic rings. The van der Waals surface area contributed by atoms with Crippen molar-refractivity contribution < 1.29 is 22.7 Å². The minimum atomic E-state index is -3.37. The van der Waals surface area contributed by atoms with Crippen LogP contribution >= 0.6 is 11.8 Å². The van der Waals surface area contributed by atoms with E-state index in [2.05, 4.69) is 5.32 Å². The molecule has 7 nitrogen and oxygen atoms in total. The van der Waals surface area contributed by atoms with Crippen molar-refractivity contribution >= 4 is 39.3 Å². The average molecular weight is 401 g/mol. The first-order chi connectivity index (χ1) is 12.2. The molecule has 0 aliphatic carbocycles. The first kappa shape index (κ1) is 20.6. The summed E-state index contributed by atoms with van der Waals surface area (Å²) in [7, 11) is -2.08. The van der Waals surface area contributed by atoms with Crippen LogP contribution in [-0.4, -0.2) is 57.8 Å². The molecule has 1 heterocycles. The number of benzene rings is 1. The summed E-state index contributed by atoms with van der Waals surface area (Å²) in [6.07, 6.45) is 4.11. The van der Waals surface area contributed by atoms with Crippen LogP contribution in [0.3, 0.4) is 0 Å². The number of amides is 1. The highest BCUT2D eigenvalue weighted by Crippen LogP contribution is 2.34. The second-order valence-corrected chi connectivity index (χ2v) is 9.13. The molecule has 0 fully saturated rings. The number of nitrogens with one attached hydrogen (secondary N) is 1. The molecule has 0 saturated heterocycles. The molecule has 0 saturated carbocycles. The van der Waals surface area contributed by atoms with Crippen molar-refractivity contribution in [3.05, 3.63) is 29.3 Å². The number of thioether (sulfide) groups is 1. The van der Waals surface area contributed by atoms with E-state index >= 15 is 0 Å². The smallest absolute Gasteiger partial charge is 0.328 e. The van der Waals surface area contributed by atoms with Crippen LogP contribution in [0, 0.1) is 0 Å². The van der Waals surface area contributed by atoms with Crippen molar-refractivity contribution in [3.8, 4) is 0 Å². The second kappa shape index (κ2) is 8.30. The molecule has 9 heteroatoms. The average Bonchev–Trinajstić information content (AvgIpc) is 2.92. The van der Waals surface area contributed by atoms with Gasteiger partial charge in [-0.05, 0) is 55.5 Å². The van der Waals surface area contributed by atoms with Crippen LogP contribution in [0.1, 0.15) is 29.3 Å². The van der Waals surface area contributed by atoms with Crippen LogP contribution in [0.15, 0.2) is 18.2 Å². The van der Waals surface area contributed by atoms with Crippen LogP contribution < -0.4 is 9.62 Å². The van der Waals surface area contributed by atoms with E-state index in [0.717, 1.165) is 5.56 Å². The molecule has 2 atom stereocenters. The first-order valence-corrected chi connectivity index (χ1v) is 11.4. The zero-order valence-electron chi connectivity index (χ0n) is 15.3. The van der Waals surface area contributed by atoms with Crippen molar-refractivity contribution in [1.82, 2.24) is 5.32 Å². The van der Waals surface area contributed by atoms with Gasteiger partial charge in [0.25, 0.3) is 5.91 Å². The van der Waals surface area contributed by atoms with Crippen molar-refractivity contribution in [3.63, 3.8) is 0 Å². The van der Waals surface area contributed by atoms with Gasteiger partial charge in [-0.25, -0.2) is 13.2 Å². The maximum absolute atomic E-state index is 12.5. The zero-order chi connectivity index (χ0) is 19.5. The lowest BCUT2D eigenvalue weighted by molar-refractivity contribution is -0.142. The van der Waals surface area contributed by atoms with E-state index in [1.165, 1.54) is 17.7 Å². The lowest BCUT2D eigenvalue weighted by atomic mass is 10.1. The number of esters is 1. The monoisotopic (exact) mass is 400 g/mol. The van der Waals surface area contributed by atoms with Gasteiger partial charge in [-0.15, -0.1) is 0 Å². The predicted molar refractivity (Wildman–Crippen MR) is 103 cm³/mol. The van der Waals surface area contributed by atoms with Crippen molar-refractivity contribution in [2.75, 3.05) is 29.7 Å². The fraction of sp³-hybridized carbons (Fsp3) is 0.529. The number of rotatable bonds is 7. The highest BCUT2D eigenvalue weighted by Gasteiger charge is 2.33. The molecule has 0 unspecified atom stereocenters. The Morgan fingerprint density at radius 3 is 2.69 bits per heavy atom. The summed E-state index contributed by atoms with van der Waals surface area (Å²) in [5.41, 5.74) is 1.79. The van der Waals surface area contributed by atoms with Crippen LogP contribution in [0.4, 0.5) is 5.69 Å². The number of nitrogens with zero attached hydrogens (tertiary/aromatic N) is 1. The quantitative estimate of drug-likeness (QED) is 0.696. The molecule has 0 radical (unpaired) electrons. The molecule has 1 aliphatic heterocycles. The van der Waals surface area contributed by atoms with Gasteiger partial charge in [0.05, 0.1) is 19.1 Å². The van der Waals surface area contributed by atoms with Gasteiger partial charge < -0.3 is 10.1 Å². The fourth-order valence-corrected chi connectivity index (χ4v) is 4.85. The molecule has 144 valence electrons. The Morgan fingerprint density at radius 1 is 1.42 bits per heavy atom. The summed E-state index contributed by atoms with van der Waals surface area (Å²) >= 11 is 1.58. The number of anilines is 1. The minimum absolute atomic E-state index is 0.192. The topological polar surface area (TPSA) is 92.8 Å². The van der Waals surface area contributed by atoms with Crippen molar-refractivity contribution in [2.24, 2.45) is 0 Å². The van der Waals surface area contributed by atoms with Crippen molar-refractivity contribution in [1.29, 1.82) is 0 Å². The second-order valence-electron chi connectivity index (χ2n) is 6.29. The van der Waals surface area contributed by atoms with Crippen molar-refractivity contribution in [2.45, 2.75) is 31.8 Å². The molecular weight excluding hydrogens is 376 g/mol. The summed E-state index contributed by atoms with van der Waals surface area (Å²) in [6, 6.07) is 4.01. The largest absolute Gasteiger partial charge is 0.467 e. The summed E-state index contributed by atoms with van der Waals surface area (Å²) in [5.74, 6) is -0.148. The Kier molecular flexibility index (Phi) is 6.57. The molecule has 2 rings (SSSR count). The molecule has 26 heavy (non-hydrogen) atoms. The number of fused-ring (bicyclic) bond motifs is 1. The van der Waals surface area contributed by atoms with E-state index in [1.54, 1.807) is 30.0 Å². The molecule has 1 aromatic carbocycles. The SMILES string of the molecule is COC(=O)[C@H](CCSC)NC(=O)c1ccc2c(c1)C[C@@H](C)N2S(C)(=O)=O. The molecule has 0 bridgehead atoms. The van der Waals surface area contributed by atoms with Gasteiger partial charge in [0, 0.05) is 11.6 Å². The number of carbonyl (C=O) groups is 2. The van der Waals surface area contributed by atoms with E-state index in [-0.39, 0.29) is 11.9 Å². The van der Waals surface area contributed by atoms with E-state index in [1.807, 2.05) is 13.2 Å². The molecular formula is C17H24N2O5S2. The summed E-state index contributed by atoms with van der Waals surface area (Å²) in [4.78, 5) is 24.4. The van der Waals surface area contributed by atoms with E-state index < -0.39 is 22.0 Å². The van der Waals surface area contributed by atoms with E-state index in [4.69, 9.17) is 4.74 Å². The van der Waals surface area contributed by atoms with Gasteiger partial charge in [0.1, 0.15) is 6.04 Å². The fourth-order valence-electron chi connectivity index (χ4n) is 3.12. The number of ether oxygens (including phenoxy) is 1. The Morgan fingerprint density at radius 2 is 2.12 bits per heavy atom. The third kappa shape index (κ3) is 4.50. The molecule has 0 aromatic heterocycles. The Bertz CT molecular complexity index is 794. The molecule has 1 amide bonds. The standard InChI is InChI=1S/C17H24N2O5S2/c1-11-9-13-10-12(5-6-15(13)19(11)26(4,22)23)16(20)18-14(7-8-25-3)17(21)24-2/h5-6,10-11,14H,7-9H2,1-4H3,(H,18,20)/t11-,14+/m1/s1. The summed E-state index contributed by atoms with van der Waals surface area (Å²) in [6.45, 7) is 1.83. The molecule has 0 spiro atoms. The molecule has 1 aromatic rings. The third-order valence-corrected chi connectivity index (χ3v) is 6.17. The van der Waals surface area contributed by atoms with Crippen LogP contribution in [0.5, 0.6) is 0 Å². The first-order valence-electron chi connectivity index (χ1n) is 8.19. The predicted octanol–water partition coefficient (Wildman–Crippen LogP) is 1.42. The van der Waals surface area contributed by atoms with Crippen LogP contribution in [0.25, 0.3) is 0 Å². The van der Waals surface area contributed by atoms with Gasteiger partial charge in [0.15, 0.2) is 0 Å². The zero-order valence-corrected chi connectivity index (χ0v) is 16.9. The van der Waals surface area contributed by atoms with Crippen LogP contribution in [-0.2, 0) is 26.0 Å².